The van der Waals surface area contributed by atoms with Crippen molar-refractivity contribution in [2.75, 3.05) is 7.11 Å². The fourth-order valence-corrected chi connectivity index (χ4v) is 2.48. The van der Waals surface area contributed by atoms with Gasteiger partial charge in [-0.2, -0.15) is 0 Å². The van der Waals surface area contributed by atoms with Gasteiger partial charge in [0.15, 0.2) is 0 Å². The number of furan rings is 1. The lowest BCUT2D eigenvalue weighted by Crippen LogP contribution is -2.37. The molecule has 0 amide bonds. The zero-order valence-corrected chi connectivity index (χ0v) is 10.1. The molecule has 1 aliphatic rings. The van der Waals surface area contributed by atoms with E-state index in [4.69, 9.17) is 9.15 Å². The maximum Gasteiger partial charge on any atom is 0.120 e. The molecule has 16 heavy (non-hydrogen) atoms. The average molecular weight is 223 g/mol. The number of hydrogen-bond donors (Lipinski definition) is 1. The molecule has 1 aromatic rings. The topological polar surface area (TPSA) is 34.4 Å². The first kappa shape index (κ1) is 11.7. The van der Waals surface area contributed by atoms with Crippen LogP contribution in [0.25, 0.3) is 0 Å². The van der Waals surface area contributed by atoms with E-state index in [2.05, 4.69) is 12.2 Å². The van der Waals surface area contributed by atoms with Gasteiger partial charge in [-0.15, -0.1) is 0 Å². The number of hydrogen-bond acceptors (Lipinski definition) is 3. The molecule has 1 N–H and O–H groups in total. The van der Waals surface area contributed by atoms with Crippen LogP contribution >= 0.6 is 0 Å². The fourth-order valence-electron chi connectivity index (χ4n) is 2.48. The Morgan fingerprint density at radius 2 is 2.38 bits per heavy atom. The molecule has 0 saturated heterocycles. The van der Waals surface area contributed by atoms with E-state index in [9.17, 15) is 0 Å². The summed E-state index contributed by atoms with van der Waals surface area (Å²) in [7, 11) is 1.81. The number of ether oxygens (including phenoxy) is 1. The van der Waals surface area contributed by atoms with Crippen LogP contribution in [0.1, 0.15) is 44.4 Å². The molecule has 1 aliphatic carbocycles. The predicted octanol–water partition coefficient (Wildman–Crippen LogP) is 2.89. The predicted molar refractivity (Wildman–Crippen MR) is 63.3 cm³/mol. The molecule has 2 unspecified atom stereocenters. The zero-order valence-electron chi connectivity index (χ0n) is 10.1. The van der Waals surface area contributed by atoms with E-state index < -0.39 is 0 Å². The van der Waals surface area contributed by atoms with Crippen LogP contribution < -0.4 is 5.32 Å². The molecule has 2 rings (SSSR count). The molecule has 0 spiro atoms. The maximum atomic E-state index is 5.43. The van der Waals surface area contributed by atoms with E-state index in [0.717, 1.165) is 12.2 Å². The lowest BCUT2D eigenvalue weighted by Gasteiger charge is -2.30. The second kappa shape index (κ2) is 5.51. The number of nitrogens with one attached hydrogen (secondary N) is 1. The third-order valence-electron chi connectivity index (χ3n) is 3.42. The van der Waals surface area contributed by atoms with Crippen molar-refractivity contribution in [1.29, 1.82) is 0 Å². The second-order valence-corrected chi connectivity index (χ2v) is 4.63. The minimum absolute atomic E-state index is 0.288. The quantitative estimate of drug-likeness (QED) is 0.852. The Kier molecular flexibility index (Phi) is 4.02. The van der Waals surface area contributed by atoms with Crippen molar-refractivity contribution >= 4 is 0 Å². The summed E-state index contributed by atoms with van der Waals surface area (Å²) >= 11 is 0. The summed E-state index contributed by atoms with van der Waals surface area (Å²) < 4.78 is 10.8. The van der Waals surface area contributed by atoms with Crippen LogP contribution in [0.5, 0.6) is 0 Å². The third kappa shape index (κ3) is 2.86. The maximum absolute atomic E-state index is 5.43. The lowest BCUT2D eigenvalue weighted by atomic mass is 9.92. The highest BCUT2D eigenvalue weighted by Crippen LogP contribution is 2.23. The molecule has 1 heterocycles. The Balaban J connectivity index is 1.84. The Morgan fingerprint density at radius 3 is 3.06 bits per heavy atom. The van der Waals surface area contributed by atoms with Crippen molar-refractivity contribution in [1.82, 2.24) is 5.32 Å². The highest BCUT2D eigenvalue weighted by atomic mass is 16.5. The Bertz CT molecular complexity index is 297. The summed E-state index contributed by atoms with van der Waals surface area (Å²) in [5, 5.41) is 3.61. The summed E-state index contributed by atoms with van der Waals surface area (Å²) in [6.07, 6.45) is 6.96. The molecule has 0 radical (unpaired) electrons. The van der Waals surface area contributed by atoms with Gasteiger partial charge < -0.3 is 14.5 Å². The normalized spacial score (nSPS) is 27.9. The smallest absolute Gasteiger partial charge is 0.120 e. The summed E-state index contributed by atoms with van der Waals surface area (Å²) in [4.78, 5) is 0. The molecular formula is C13H21NO2. The van der Waals surface area contributed by atoms with E-state index in [0.29, 0.717) is 12.1 Å². The summed E-state index contributed by atoms with van der Waals surface area (Å²) in [6, 6.07) is 4.80. The molecular weight excluding hydrogens is 202 g/mol. The van der Waals surface area contributed by atoms with Gasteiger partial charge in [0, 0.05) is 13.2 Å². The van der Waals surface area contributed by atoms with Crippen LogP contribution in [-0.4, -0.2) is 19.3 Å². The monoisotopic (exact) mass is 223 g/mol. The van der Waals surface area contributed by atoms with Crippen LogP contribution in [0.2, 0.25) is 0 Å². The fraction of sp³-hybridized carbons (Fsp3) is 0.692. The molecule has 90 valence electrons. The first-order valence-electron chi connectivity index (χ1n) is 6.12. The molecule has 0 aromatic carbocycles. The van der Waals surface area contributed by atoms with Crippen molar-refractivity contribution in [3.8, 4) is 0 Å². The lowest BCUT2D eigenvalue weighted by molar-refractivity contribution is 0.0568. The van der Waals surface area contributed by atoms with Crippen molar-refractivity contribution < 1.29 is 9.15 Å². The van der Waals surface area contributed by atoms with Gasteiger partial charge in [0.1, 0.15) is 5.76 Å². The molecule has 0 aliphatic heterocycles. The molecule has 3 atom stereocenters. The Labute approximate surface area is 97.2 Å². The van der Waals surface area contributed by atoms with Crippen LogP contribution in [0.3, 0.4) is 0 Å². The van der Waals surface area contributed by atoms with Crippen molar-refractivity contribution in [3.63, 3.8) is 0 Å². The standard InChI is InChI=1S/C13H21NO2/c1-10(13-7-4-8-16-13)14-11-5-3-6-12(9-11)15-2/h4,7-8,10-12,14H,3,5-6,9H2,1-2H3/t10-,11?,12?/m0/s1. The van der Waals surface area contributed by atoms with E-state index >= 15 is 0 Å². The summed E-state index contributed by atoms with van der Waals surface area (Å²) in [5.41, 5.74) is 0. The Morgan fingerprint density at radius 1 is 1.50 bits per heavy atom. The van der Waals surface area contributed by atoms with Gasteiger partial charge in [0.05, 0.1) is 18.4 Å². The van der Waals surface area contributed by atoms with E-state index in [1.165, 1.54) is 19.3 Å². The summed E-state index contributed by atoms with van der Waals surface area (Å²) in [6.45, 7) is 2.15. The van der Waals surface area contributed by atoms with Crippen LogP contribution in [0, 0.1) is 0 Å². The van der Waals surface area contributed by atoms with Crippen molar-refractivity contribution in [2.24, 2.45) is 0 Å². The number of methoxy groups -OCH3 is 1. The minimum Gasteiger partial charge on any atom is -0.468 e. The molecule has 3 heteroatoms. The van der Waals surface area contributed by atoms with Gasteiger partial charge in [-0.3, -0.25) is 0 Å². The second-order valence-electron chi connectivity index (χ2n) is 4.63. The first-order valence-corrected chi connectivity index (χ1v) is 6.12. The third-order valence-corrected chi connectivity index (χ3v) is 3.42. The van der Waals surface area contributed by atoms with Gasteiger partial charge in [-0.1, -0.05) is 0 Å². The minimum atomic E-state index is 0.288. The van der Waals surface area contributed by atoms with Crippen LogP contribution in [0.4, 0.5) is 0 Å². The van der Waals surface area contributed by atoms with Crippen molar-refractivity contribution in [3.05, 3.63) is 24.2 Å². The Hall–Kier alpha value is -0.800. The number of rotatable bonds is 4. The van der Waals surface area contributed by atoms with E-state index in [1.54, 1.807) is 6.26 Å². The van der Waals surface area contributed by atoms with Gasteiger partial charge >= 0.3 is 0 Å². The average Bonchev–Trinajstić information content (AvgIpc) is 2.83. The van der Waals surface area contributed by atoms with Gasteiger partial charge in [-0.25, -0.2) is 0 Å². The van der Waals surface area contributed by atoms with Crippen molar-refractivity contribution in [2.45, 2.75) is 50.8 Å². The SMILES string of the molecule is COC1CCCC(N[C@@H](C)c2ccco2)C1. The van der Waals surface area contributed by atoms with E-state index in [1.807, 2.05) is 19.2 Å². The van der Waals surface area contributed by atoms with Gasteiger partial charge in [0.2, 0.25) is 0 Å². The van der Waals surface area contributed by atoms with Gasteiger partial charge in [-0.05, 0) is 44.7 Å². The molecule has 0 bridgehead atoms. The first-order chi connectivity index (χ1) is 7.79. The van der Waals surface area contributed by atoms with Crippen LogP contribution in [-0.2, 0) is 4.74 Å². The highest BCUT2D eigenvalue weighted by molar-refractivity contribution is 5.03. The highest BCUT2D eigenvalue weighted by Gasteiger charge is 2.23. The molecule has 1 fully saturated rings. The summed E-state index contributed by atoms with van der Waals surface area (Å²) in [5.74, 6) is 1.01. The van der Waals surface area contributed by atoms with E-state index in [-0.39, 0.29) is 6.04 Å². The molecule has 1 aromatic heterocycles. The largest absolute Gasteiger partial charge is 0.468 e. The van der Waals surface area contributed by atoms with Gasteiger partial charge in [0.25, 0.3) is 0 Å². The zero-order chi connectivity index (χ0) is 11.4. The van der Waals surface area contributed by atoms with Crippen LogP contribution in [0.15, 0.2) is 22.8 Å². The molecule has 1 saturated carbocycles. The molecule has 3 nitrogen and oxygen atoms in total.